The summed E-state index contributed by atoms with van der Waals surface area (Å²) in [6.45, 7) is 3.42. The van der Waals surface area contributed by atoms with Gasteiger partial charge >= 0.3 is 0 Å². The Morgan fingerprint density at radius 3 is 2.61 bits per heavy atom. The predicted molar refractivity (Wildman–Crippen MR) is 67.1 cm³/mol. The van der Waals surface area contributed by atoms with Crippen molar-refractivity contribution in [3.63, 3.8) is 0 Å². The number of nitrogens with one attached hydrogen (secondary N) is 1. The van der Waals surface area contributed by atoms with Crippen LogP contribution in [0, 0.1) is 6.92 Å². The third kappa shape index (κ3) is 4.01. The van der Waals surface area contributed by atoms with Gasteiger partial charge in [0.15, 0.2) is 0 Å². The number of phenols is 1. The molecule has 1 rings (SSSR count). The molecule has 5 nitrogen and oxygen atoms in total. The van der Waals surface area contributed by atoms with E-state index in [1.807, 2.05) is 0 Å². The number of carbonyl (C=O) groups excluding carboxylic acids is 1. The molecule has 0 bridgehead atoms. The number of hydrogen-bond acceptors (Lipinski definition) is 4. The van der Waals surface area contributed by atoms with E-state index < -0.39 is 12.2 Å². The van der Waals surface area contributed by atoms with Crippen LogP contribution in [0.25, 0.3) is 0 Å². The summed E-state index contributed by atoms with van der Waals surface area (Å²) in [4.78, 5) is 10.7. The minimum atomic E-state index is -1.03. The van der Waals surface area contributed by atoms with Crippen molar-refractivity contribution in [1.29, 1.82) is 0 Å². The molecular weight excluding hydrogens is 234 g/mol. The standard InChI is InChI=1S/C13H19NO4/c1-8-7-10(3-4-11(8)16)13(18)12(17)5-6-14-9(2)15/h3-4,7,12-13,16-18H,5-6H2,1-2H3,(H,14,15). The number of carbonyl (C=O) groups is 1. The molecule has 0 aliphatic heterocycles. The van der Waals surface area contributed by atoms with Crippen LogP contribution < -0.4 is 5.32 Å². The average Bonchev–Trinajstić information content (AvgIpc) is 2.31. The first-order valence-corrected chi connectivity index (χ1v) is 5.82. The highest BCUT2D eigenvalue weighted by atomic mass is 16.3. The van der Waals surface area contributed by atoms with E-state index in [9.17, 15) is 20.1 Å². The molecule has 1 amide bonds. The van der Waals surface area contributed by atoms with Gasteiger partial charge < -0.3 is 20.6 Å². The van der Waals surface area contributed by atoms with Crippen LogP contribution in [0.15, 0.2) is 18.2 Å². The zero-order valence-electron chi connectivity index (χ0n) is 10.6. The van der Waals surface area contributed by atoms with E-state index in [0.717, 1.165) is 0 Å². The van der Waals surface area contributed by atoms with Crippen molar-refractivity contribution in [3.05, 3.63) is 29.3 Å². The van der Waals surface area contributed by atoms with Crippen LogP contribution in [0.4, 0.5) is 0 Å². The van der Waals surface area contributed by atoms with Gasteiger partial charge in [-0.15, -0.1) is 0 Å². The number of aryl methyl sites for hydroxylation is 1. The first kappa shape index (κ1) is 14.5. The largest absolute Gasteiger partial charge is 0.508 e. The number of rotatable bonds is 5. The van der Waals surface area contributed by atoms with Gasteiger partial charge in [0.05, 0.1) is 6.10 Å². The molecule has 0 saturated heterocycles. The highest BCUT2D eigenvalue weighted by Gasteiger charge is 2.18. The Hall–Kier alpha value is -1.59. The molecule has 1 aromatic rings. The van der Waals surface area contributed by atoms with Crippen LogP contribution in [0.1, 0.15) is 30.6 Å². The Labute approximate surface area is 106 Å². The number of aromatic hydroxyl groups is 1. The van der Waals surface area contributed by atoms with E-state index >= 15 is 0 Å². The fourth-order valence-electron chi connectivity index (χ4n) is 1.64. The van der Waals surface area contributed by atoms with Crippen molar-refractivity contribution >= 4 is 5.91 Å². The molecule has 0 saturated carbocycles. The van der Waals surface area contributed by atoms with Crippen molar-refractivity contribution < 1.29 is 20.1 Å². The molecule has 18 heavy (non-hydrogen) atoms. The van der Waals surface area contributed by atoms with Crippen LogP contribution in [0.5, 0.6) is 5.75 Å². The Kier molecular flexibility index (Phi) is 5.12. The molecule has 0 aliphatic carbocycles. The second-order valence-corrected chi connectivity index (χ2v) is 4.33. The molecule has 100 valence electrons. The summed E-state index contributed by atoms with van der Waals surface area (Å²) < 4.78 is 0. The quantitative estimate of drug-likeness (QED) is 0.619. The van der Waals surface area contributed by atoms with Gasteiger partial charge in [0.25, 0.3) is 0 Å². The van der Waals surface area contributed by atoms with Gasteiger partial charge in [0.1, 0.15) is 11.9 Å². The SMILES string of the molecule is CC(=O)NCCC(O)C(O)c1ccc(O)c(C)c1. The summed E-state index contributed by atoms with van der Waals surface area (Å²) in [5.41, 5.74) is 1.18. The second-order valence-electron chi connectivity index (χ2n) is 4.33. The number of benzene rings is 1. The zero-order chi connectivity index (χ0) is 13.7. The maximum atomic E-state index is 10.7. The minimum Gasteiger partial charge on any atom is -0.508 e. The van der Waals surface area contributed by atoms with E-state index in [-0.39, 0.29) is 18.1 Å². The van der Waals surface area contributed by atoms with Crippen LogP contribution in [-0.2, 0) is 4.79 Å². The van der Waals surface area contributed by atoms with Gasteiger partial charge in [-0.3, -0.25) is 4.79 Å². The number of hydrogen-bond donors (Lipinski definition) is 4. The molecule has 0 fully saturated rings. The first-order chi connectivity index (χ1) is 8.41. The zero-order valence-corrected chi connectivity index (χ0v) is 10.6. The molecule has 1 aromatic carbocycles. The molecule has 0 aromatic heterocycles. The summed E-state index contributed by atoms with van der Waals surface area (Å²) in [5, 5.41) is 31.6. The monoisotopic (exact) mass is 253 g/mol. The van der Waals surface area contributed by atoms with Gasteiger partial charge in [-0.2, -0.15) is 0 Å². The predicted octanol–water partition coefficient (Wildman–Crippen LogP) is 0.621. The van der Waals surface area contributed by atoms with Crippen LogP contribution in [0.2, 0.25) is 0 Å². The normalized spacial score (nSPS) is 14.0. The molecule has 0 radical (unpaired) electrons. The lowest BCUT2D eigenvalue weighted by atomic mass is 10.00. The van der Waals surface area contributed by atoms with Crippen LogP contribution in [-0.4, -0.2) is 33.9 Å². The molecule has 2 unspecified atom stereocenters. The van der Waals surface area contributed by atoms with Gasteiger partial charge in [-0.05, 0) is 36.6 Å². The van der Waals surface area contributed by atoms with E-state index in [1.165, 1.54) is 13.0 Å². The highest BCUT2D eigenvalue weighted by molar-refractivity contribution is 5.72. The van der Waals surface area contributed by atoms with Gasteiger partial charge in [0.2, 0.25) is 5.91 Å². The summed E-state index contributed by atoms with van der Waals surface area (Å²) >= 11 is 0. The molecule has 2 atom stereocenters. The third-order valence-corrected chi connectivity index (χ3v) is 2.74. The lowest BCUT2D eigenvalue weighted by molar-refractivity contribution is -0.119. The Bertz CT molecular complexity index is 419. The molecular formula is C13H19NO4. The van der Waals surface area contributed by atoms with Crippen molar-refractivity contribution in [2.24, 2.45) is 0 Å². The Balaban J connectivity index is 2.59. The number of aliphatic hydroxyl groups is 2. The molecule has 0 spiro atoms. The smallest absolute Gasteiger partial charge is 0.216 e. The lowest BCUT2D eigenvalue weighted by Gasteiger charge is -2.18. The van der Waals surface area contributed by atoms with E-state index in [0.29, 0.717) is 17.7 Å². The minimum absolute atomic E-state index is 0.152. The highest BCUT2D eigenvalue weighted by Crippen LogP contribution is 2.24. The van der Waals surface area contributed by atoms with Gasteiger partial charge in [-0.1, -0.05) is 6.07 Å². The number of aliphatic hydroxyl groups excluding tert-OH is 2. The maximum absolute atomic E-state index is 10.7. The molecule has 0 aliphatic rings. The Morgan fingerprint density at radius 1 is 1.39 bits per heavy atom. The van der Waals surface area contributed by atoms with E-state index in [2.05, 4.69) is 5.32 Å². The van der Waals surface area contributed by atoms with E-state index in [4.69, 9.17) is 0 Å². The molecule has 4 N–H and O–H groups in total. The maximum Gasteiger partial charge on any atom is 0.216 e. The van der Waals surface area contributed by atoms with Crippen molar-refractivity contribution in [2.75, 3.05) is 6.54 Å². The average molecular weight is 253 g/mol. The van der Waals surface area contributed by atoms with Crippen LogP contribution in [0.3, 0.4) is 0 Å². The van der Waals surface area contributed by atoms with E-state index in [1.54, 1.807) is 19.1 Å². The molecule has 0 heterocycles. The van der Waals surface area contributed by atoms with Crippen molar-refractivity contribution in [1.82, 2.24) is 5.32 Å². The summed E-state index contributed by atoms with van der Waals surface area (Å²) in [6.07, 6.45) is -1.72. The van der Waals surface area contributed by atoms with Crippen LogP contribution >= 0.6 is 0 Å². The summed E-state index contributed by atoms with van der Waals surface area (Å²) in [5.74, 6) is -0.0177. The first-order valence-electron chi connectivity index (χ1n) is 5.82. The number of amides is 1. The van der Waals surface area contributed by atoms with Gasteiger partial charge in [-0.25, -0.2) is 0 Å². The Morgan fingerprint density at radius 2 is 2.06 bits per heavy atom. The molecule has 5 heteroatoms. The topological polar surface area (TPSA) is 89.8 Å². The van der Waals surface area contributed by atoms with Gasteiger partial charge in [0, 0.05) is 13.5 Å². The fraction of sp³-hybridized carbons (Fsp3) is 0.462. The second kappa shape index (κ2) is 6.37. The summed E-state index contributed by atoms with van der Waals surface area (Å²) in [7, 11) is 0. The number of phenolic OH excluding ortho intramolecular Hbond substituents is 1. The fourth-order valence-corrected chi connectivity index (χ4v) is 1.64. The van der Waals surface area contributed by atoms with Crippen molar-refractivity contribution in [2.45, 2.75) is 32.5 Å². The third-order valence-electron chi connectivity index (χ3n) is 2.74. The lowest BCUT2D eigenvalue weighted by Crippen LogP contribution is -2.27. The summed E-state index contributed by atoms with van der Waals surface area (Å²) in [6, 6.07) is 4.67. The van der Waals surface area contributed by atoms with Crippen molar-refractivity contribution in [3.8, 4) is 5.75 Å².